The summed E-state index contributed by atoms with van der Waals surface area (Å²) in [6.45, 7) is 21.0. The molecule has 0 radical (unpaired) electrons. The van der Waals surface area contributed by atoms with E-state index in [2.05, 4.69) is 5.32 Å². The fraction of sp³-hybridized carbons (Fsp3) is 0.786. The van der Waals surface area contributed by atoms with Crippen molar-refractivity contribution in [2.45, 2.75) is 212 Å². The van der Waals surface area contributed by atoms with Crippen LogP contribution in [0.3, 0.4) is 0 Å². The Labute approximate surface area is 466 Å². The molecule has 4 aliphatic heterocycles. The van der Waals surface area contributed by atoms with Crippen LogP contribution in [0.15, 0.2) is 29.2 Å². The zero-order valence-electron chi connectivity index (χ0n) is 49.0. The van der Waals surface area contributed by atoms with Crippen LogP contribution in [0.4, 0.5) is 4.79 Å². The van der Waals surface area contributed by atoms with Gasteiger partial charge in [0.15, 0.2) is 24.3 Å². The molecule has 0 spiro atoms. The Morgan fingerprint density at radius 1 is 0.962 bits per heavy atom. The minimum atomic E-state index is -4.20. The van der Waals surface area contributed by atoms with Crippen molar-refractivity contribution in [3.8, 4) is 0 Å². The number of benzene rings is 1. The van der Waals surface area contributed by atoms with Crippen LogP contribution in [0.1, 0.15) is 124 Å². The van der Waals surface area contributed by atoms with Crippen LogP contribution in [0.5, 0.6) is 0 Å². The van der Waals surface area contributed by atoms with Gasteiger partial charge in [0.1, 0.15) is 23.9 Å². The Morgan fingerprint density at radius 3 is 2.29 bits per heavy atom. The molecule has 448 valence electrons. The highest BCUT2D eigenvalue weighted by molar-refractivity contribution is 7.86. The SMILES string of the molecule is CC[C@H]1OC(=O)[C@H](C)[C@@H](O[C@H]2C[C@@](C)(OC)[C@@H](OS(=O)(=O)CCNCCCc3ccc4c(c3)c(=O)c(C(=O)O)cn4CC)[C@H](C)O2)[C@H](C)[C@@H](O[C@@H]2O[C@H](C)C[C@H](N(C)C)[C@H]2O)[C@](C)(O)C[C@@H](C)CN(C)[C@H](C)[C@H]2OC(=O)O[C@@]21C. The molecule has 4 fully saturated rings. The van der Waals surface area contributed by atoms with Gasteiger partial charge in [-0.1, -0.05) is 26.8 Å². The van der Waals surface area contributed by atoms with Gasteiger partial charge in [0, 0.05) is 62.7 Å². The second-order valence-electron chi connectivity index (χ2n) is 23.6. The monoisotopic (exact) mass is 1140 g/mol. The van der Waals surface area contributed by atoms with E-state index in [9.17, 15) is 42.9 Å². The van der Waals surface area contributed by atoms with Crippen LogP contribution < -0.4 is 10.7 Å². The van der Waals surface area contributed by atoms with Crippen LogP contribution >= 0.6 is 0 Å². The summed E-state index contributed by atoms with van der Waals surface area (Å²) in [5, 5.41) is 37.7. The summed E-state index contributed by atoms with van der Waals surface area (Å²) in [7, 11) is 2.85. The normalized spacial score (nSPS) is 37.4. The van der Waals surface area contributed by atoms with Crippen molar-refractivity contribution in [3.63, 3.8) is 0 Å². The van der Waals surface area contributed by atoms with E-state index >= 15 is 0 Å². The van der Waals surface area contributed by atoms with Crippen molar-refractivity contribution in [2.75, 3.05) is 53.6 Å². The third kappa shape index (κ3) is 14.7. The molecule has 1 aromatic carbocycles. The van der Waals surface area contributed by atoms with Gasteiger partial charge in [0.25, 0.3) is 10.1 Å². The first kappa shape index (κ1) is 64.3. The number of hydrogen-bond acceptors (Lipinski definition) is 20. The predicted octanol–water partition coefficient (Wildman–Crippen LogP) is 4.69. The Hall–Kier alpha value is -3.85. The standard InChI is InChI=1S/C56H90N4O18S/c1-16-42-56(11)48(76-53(66)77-56)35(7)59(14)29-31(3)27-54(9,67)47(75-52-45(62)41(58(12)13)25-32(4)71-52)33(5)46(34(6)51(65)73-42)74-43-28-55(10,70-15)49(36(8)72-43)78-79(68,69)24-23-57-22-18-19-37-20-21-40-38(26-37)44(61)39(50(63)64)30-60(40)17-2/h20-21,26,30-36,41-43,45-49,52,57,62,67H,16-19,22-25,27-29H2,1-15H3,(H,63,64)/t31-,32-,33+,34-,35-,36+,41+,42-,43+,45-,46+,47-,48-,49+,52+,54-,55-,56-/m1/s1. The molecule has 0 saturated carbocycles. The number of nitrogens with one attached hydrogen (secondary N) is 1. The number of esters is 1. The molecular weight excluding hydrogens is 1050 g/mol. The average molecular weight is 1140 g/mol. The molecule has 0 amide bonds. The second-order valence-corrected chi connectivity index (χ2v) is 25.3. The van der Waals surface area contributed by atoms with E-state index in [4.69, 9.17) is 42.1 Å². The van der Waals surface area contributed by atoms with Gasteiger partial charge in [-0.2, -0.15) is 8.42 Å². The smallest absolute Gasteiger partial charge is 0.477 e. The van der Waals surface area contributed by atoms with E-state index < -0.39 is 124 Å². The summed E-state index contributed by atoms with van der Waals surface area (Å²) in [5.41, 5.74) is -3.75. The number of hydrogen-bond donors (Lipinski definition) is 4. The number of carboxylic acids is 1. The van der Waals surface area contributed by atoms with E-state index in [1.165, 1.54) is 13.3 Å². The number of pyridine rings is 1. The van der Waals surface area contributed by atoms with E-state index in [0.29, 0.717) is 49.8 Å². The molecule has 5 heterocycles. The number of ether oxygens (including phenoxy) is 8. The number of aliphatic hydroxyl groups is 2. The number of aromatic nitrogens is 1. The Bertz CT molecular complexity index is 2600. The lowest BCUT2D eigenvalue weighted by atomic mass is 9.77. The molecule has 2 aromatic rings. The summed E-state index contributed by atoms with van der Waals surface area (Å²) in [4.78, 5) is 56.4. The summed E-state index contributed by atoms with van der Waals surface area (Å²) >= 11 is 0. The lowest BCUT2D eigenvalue weighted by Crippen LogP contribution is -2.61. The third-order valence-corrected chi connectivity index (χ3v) is 18.1. The number of aromatic carboxylic acids is 1. The lowest BCUT2D eigenvalue weighted by molar-refractivity contribution is -0.316. The molecule has 23 heteroatoms. The highest BCUT2D eigenvalue weighted by Crippen LogP contribution is 2.43. The number of likely N-dealkylation sites (N-methyl/N-ethyl adjacent to an activating group) is 2. The average Bonchev–Trinajstić information content (AvgIpc) is 3.69. The molecule has 18 atom stereocenters. The maximum atomic E-state index is 14.8. The van der Waals surface area contributed by atoms with Crippen LogP contribution in [0, 0.1) is 17.8 Å². The molecule has 0 unspecified atom stereocenters. The Morgan fingerprint density at radius 2 is 1.66 bits per heavy atom. The maximum absolute atomic E-state index is 14.8. The molecule has 6 rings (SSSR count). The fourth-order valence-corrected chi connectivity index (χ4v) is 13.6. The minimum Gasteiger partial charge on any atom is -0.477 e. The van der Waals surface area contributed by atoms with Gasteiger partial charge in [0.2, 0.25) is 5.43 Å². The van der Waals surface area contributed by atoms with E-state index in [-0.39, 0.29) is 55.2 Å². The highest BCUT2D eigenvalue weighted by atomic mass is 32.2. The summed E-state index contributed by atoms with van der Waals surface area (Å²) in [6.07, 6.45) is -7.52. The molecule has 0 aliphatic carbocycles. The number of aliphatic hydroxyl groups excluding tert-OH is 1. The minimum absolute atomic E-state index is 0.0570. The number of carbonyl (C=O) groups excluding carboxylic acids is 2. The zero-order chi connectivity index (χ0) is 58.7. The van der Waals surface area contributed by atoms with Gasteiger partial charge in [-0.3, -0.25) is 18.7 Å². The summed E-state index contributed by atoms with van der Waals surface area (Å²) in [6, 6.07) is 4.65. The van der Waals surface area contributed by atoms with Crippen molar-refractivity contribution in [2.24, 2.45) is 17.8 Å². The van der Waals surface area contributed by atoms with Crippen molar-refractivity contribution < 1.29 is 80.2 Å². The predicted molar refractivity (Wildman–Crippen MR) is 292 cm³/mol. The molecule has 0 bridgehead atoms. The molecule has 79 heavy (non-hydrogen) atoms. The number of rotatable bonds is 18. The largest absolute Gasteiger partial charge is 0.509 e. The van der Waals surface area contributed by atoms with Crippen molar-refractivity contribution in [1.29, 1.82) is 0 Å². The molecule has 4 saturated heterocycles. The van der Waals surface area contributed by atoms with Gasteiger partial charge >= 0.3 is 18.1 Å². The Balaban J connectivity index is 1.21. The fourth-order valence-electron chi connectivity index (χ4n) is 12.5. The summed E-state index contributed by atoms with van der Waals surface area (Å²) in [5.74, 6) is -4.57. The van der Waals surface area contributed by atoms with Gasteiger partial charge in [-0.15, -0.1) is 0 Å². The maximum Gasteiger partial charge on any atom is 0.509 e. The molecule has 4 N–H and O–H groups in total. The molecular formula is C56H90N4O18S. The number of carbonyl (C=O) groups is 3. The highest BCUT2D eigenvalue weighted by Gasteiger charge is 2.58. The first-order valence-corrected chi connectivity index (χ1v) is 29.5. The zero-order valence-corrected chi connectivity index (χ0v) is 49.8. The van der Waals surface area contributed by atoms with E-state index in [0.717, 1.165) is 5.56 Å². The number of fused-ring (bicyclic) bond motifs is 2. The number of methoxy groups -OCH3 is 1. The van der Waals surface area contributed by atoms with Crippen molar-refractivity contribution in [1.82, 2.24) is 19.7 Å². The quantitative estimate of drug-likeness (QED) is 0.0895. The molecule has 1 aromatic heterocycles. The first-order chi connectivity index (χ1) is 36.9. The van der Waals surface area contributed by atoms with Crippen molar-refractivity contribution >= 4 is 39.1 Å². The van der Waals surface area contributed by atoms with E-state index in [1.807, 2.05) is 71.6 Å². The van der Waals surface area contributed by atoms with Crippen molar-refractivity contribution in [3.05, 3.63) is 45.7 Å². The number of aryl methyl sites for hydroxylation is 2. The van der Waals surface area contributed by atoms with E-state index in [1.54, 1.807) is 58.2 Å². The molecule has 4 aliphatic rings. The van der Waals surface area contributed by atoms with Crippen LogP contribution in [0.25, 0.3) is 10.9 Å². The molecule has 22 nitrogen and oxygen atoms in total. The number of nitrogens with zero attached hydrogens (tertiary/aromatic N) is 3. The third-order valence-electron chi connectivity index (χ3n) is 16.9. The lowest BCUT2D eigenvalue weighted by Gasteiger charge is -2.49. The van der Waals surface area contributed by atoms with Gasteiger partial charge in [-0.05, 0) is 139 Å². The Kier molecular flexibility index (Phi) is 21.3. The summed E-state index contributed by atoms with van der Waals surface area (Å²) < 4.78 is 85.7. The number of cyclic esters (lactones) is 1. The van der Waals surface area contributed by atoms with Crippen LogP contribution in [0.2, 0.25) is 0 Å². The number of carboxylic acid groups (broad SMARTS) is 1. The first-order valence-electron chi connectivity index (χ1n) is 28.0. The van der Waals surface area contributed by atoms with Gasteiger partial charge in [0.05, 0.1) is 52.8 Å². The van der Waals surface area contributed by atoms with Gasteiger partial charge in [-0.25, -0.2) is 9.59 Å². The van der Waals surface area contributed by atoms with Crippen LogP contribution in [-0.2, 0) is 70.0 Å². The topological polar surface area (TPSA) is 270 Å². The van der Waals surface area contributed by atoms with Gasteiger partial charge < -0.3 is 68.0 Å². The second kappa shape index (κ2) is 26.2. The van der Waals surface area contributed by atoms with Crippen LogP contribution in [-0.4, -0.2) is 200 Å².